The maximum absolute atomic E-state index is 12.9. The van der Waals surface area contributed by atoms with Gasteiger partial charge >= 0.3 is 0 Å². The number of hydrogen-bond donors (Lipinski definition) is 2. The molecule has 0 aliphatic rings. The van der Waals surface area contributed by atoms with Crippen LogP contribution in [0.4, 0.5) is 4.39 Å². The molecule has 11 heteroatoms. The molecule has 0 radical (unpaired) electrons. The molecule has 3 aromatic rings. The predicted molar refractivity (Wildman–Crippen MR) is 95.5 cm³/mol. The van der Waals surface area contributed by atoms with Gasteiger partial charge in [-0.25, -0.2) is 9.37 Å². The molecule has 0 fully saturated rings. The van der Waals surface area contributed by atoms with Crippen LogP contribution in [-0.2, 0) is 23.2 Å². The molecular formula is C17H17FN6O4. The van der Waals surface area contributed by atoms with Crippen LogP contribution < -0.4 is 21.1 Å². The van der Waals surface area contributed by atoms with E-state index in [0.717, 1.165) is 4.57 Å². The van der Waals surface area contributed by atoms with Crippen LogP contribution in [-0.4, -0.2) is 37.2 Å². The molecule has 0 aliphatic heterocycles. The molecular weight excluding hydrogens is 371 g/mol. The van der Waals surface area contributed by atoms with Gasteiger partial charge in [-0.05, 0) is 31.2 Å². The summed E-state index contributed by atoms with van der Waals surface area (Å²) < 4.78 is 20.8. The van der Waals surface area contributed by atoms with E-state index >= 15 is 0 Å². The molecule has 28 heavy (non-hydrogen) atoms. The summed E-state index contributed by atoms with van der Waals surface area (Å²) in [5.74, 6) is -1.37. The second-order valence-electron chi connectivity index (χ2n) is 5.93. The molecule has 2 N–H and O–H groups in total. The minimum Gasteiger partial charge on any atom is -0.481 e. The molecule has 1 atom stereocenters. The predicted octanol–water partition coefficient (Wildman–Crippen LogP) is -0.116. The highest BCUT2D eigenvalue weighted by Crippen LogP contribution is 2.12. The Labute approximate surface area is 157 Å². The summed E-state index contributed by atoms with van der Waals surface area (Å²) in [7, 11) is 1.65. The lowest BCUT2D eigenvalue weighted by Gasteiger charge is -2.15. The Hall–Kier alpha value is -3.76. The van der Waals surface area contributed by atoms with Gasteiger partial charge in [-0.15, -0.1) is 0 Å². The number of ether oxygens (including phenoxy) is 1. The van der Waals surface area contributed by atoms with Crippen molar-refractivity contribution in [1.82, 2.24) is 30.2 Å². The number of carbonyl (C=O) groups is 2. The molecule has 0 saturated heterocycles. The molecule has 2 heterocycles. The van der Waals surface area contributed by atoms with E-state index in [1.54, 1.807) is 7.05 Å². The van der Waals surface area contributed by atoms with Crippen molar-refractivity contribution in [3.63, 3.8) is 0 Å². The average Bonchev–Trinajstić information content (AvgIpc) is 3.05. The van der Waals surface area contributed by atoms with Crippen LogP contribution in [0.15, 0.2) is 41.6 Å². The second-order valence-corrected chi connectivity index (χ2v) is 5.93. The first-order chi connectivity index (χ1) is 13.3. The Morgan fingerprint density at radius 1 is 1.25 bits per heavy atom. The summed E-state index contributed by atoms with van der Waals surface area (Å²) in [6.07, 6.45) is 1.66. The molecule has 3 rings (SSSR count). The quantitative estimate of drug-likeness (QED) is 0.588. The van der Waals surface area contributed by atoms with Gasteiger partial charge in [-0.2, -0.15) is 5.10 Å². The highest BCUT2D eigenvalue weighted by Gasteiger charge is 2.16. The van der Waals surface area contributed by atoms with Gasteiger partial charge in [0, 0.05) is 7.05 Å². The number of hydrogen-bond acceptors (Lipinski definition) is 6. The summed E-state index contributed by atoms with van der Waals surface area (Å²) in [5.41, 5.74) is 4.39. The van der Waals surface area contributed by atoms with Gasteiger partial charge in [0.2, 0.25) is 0 Å². The van der Waals surface area contributed by atoms with Gasteiger partial charge in [0.1, 0.15) is 29.8 Å². The van der Waals surface area contributed by atoms with Crippen LogP contribution in [0.5, 0.6) is 5.75 Å². The number of carbonyl (C=O) groups excluding carboxylic acids is 2. The van der Waals surface area contributed by atoms with Crippen molar-refractivity contribution < 1.29 is 18.7 Å². The fourth-order valence-electron chi connectivity index (χ4n) is 2.38. The highest BCUT2D eigenvalue weighted by molar-refractivity contribution is 5.84. The van der Waals surface area contributed by atoms with E-state index in [0.29, 0.717) is 11.4 Å². The number of nitrogens with zero attached hydrogens (tertiary/aromatic N) is 4. The lowest BCUT2D eigenvalue weighted by atomic mass is 10.3. The molecule has 2 aromatic heterocycles. The monoisotopic (exact) mass is 388 g/mol. The molecule has 2 amide bonds. The van der Waals surface area contributed by atoms with Crippen molar-refractivity contribution in [1.29, 1.82) is 0 Å². The van der Waals surface area contributed by atoms with E-state index in [1.165, 1.54) is 48.4 Å². The molecule has 1 aromatic carbocycles. The molecule has 1 unspecified atom stereocenters. The minimum absolute atomic E-state index is 0.281. The largest absolute Gasteiger partial charge is 0.481 e. The van der Waals surface area contributed by atoms with Gasteiger partial charge in [0.25, 0.3) is 17.4 Å². The number of amides is 2. The number of fused-ring (bicyclic) bond motifs is 1. The fraction of sp³-hybridized carbons (Fsp3) is 0.235. The Bertz CT molecular complexity index is 1080. The zero-order valence-electron chi connectivity index (χ0n) is 15.0. The summed E-state index contributed by atoms with van der Waals surface area (Å²) in [5, 5.41) is 4.22. The van der Waals surface area contributed by atoms with Gasteiger partial charge < -0.3 is 4.74 Å². The van der Waals surface area contributed by atoms with Crippen LogP contribution >= 0.6 is 0 Å². The van der Waals surface area contributed by atoms with Gasteiger partial charge in [0.15, 0.2) is 11.8 Å². The summed E-state index contributed by atoms with van der Waals surface area (Å²) in [6, 6.07) is 5.16. The standard InChI is InChI=1S/C17H17FN6O4/c1-10(28-12-5-3-11(18)4-6-12)16(26)22-21-14(25)8-24-9-19-15-13(17(24)27)7-20-23(15)2/h3-7,9-10H,8H2,1-2H3,(H,21,25)(H,22,26). The van der Waals surface area contributed by atoms with Crippen LogP contribution in [0.1, 0.15) is 6.92 Å². The molecule has 0 bridgehead atoms. The van der Waals surface area contributed by atoms with Crippen LogP contribution in [0.25, 0.3) is 11.0 Å². The first-order valence-electron chi connectivity index (χ1n) is 8.23. The van der Waals surface area contributed by atoms with Crippen LogP contribution in [0.2, 0.25) is 0 Å². The number of benzene rings is 1. The van der Waals surface area contributed by atoms with E-state index in [1.807, 2.05) is 0 Å². The van der Waals surface area contributed by atoms with E-state index in [4.69, 9.17) is 4.74 Å². The number of halogens is 1. The van der Waals surface area contributed by atoms with Crippen molar-refractivity contribution >= 4 is 22.8 Å². The zero-order valence-corrected chi connectivity index (χ0v) is 15.0. The molecule has 0 spiro atoms. The molecule has 146 valence electrons. The third-order valence-electron chi connectivity index (χ3n) is 3.85. The lowest BCUT2D eigenvalue weighted by molar-refractivity contribution is -0.133. The zero-order chi connectivity index (χ0) is 20.3. The van der Waals surface area contributed by atoms with Crippen LogP contribution in [0, 0.1) is 5.82 Å². The Morgan fingerprint density at radius 2 is 1.96 bits per heavy atom. The van der Waals surface area contributed by atoms with Gasteiger partial charge in [-0.3, -0.25) is 34.5 Å². The van der Waals surface area contributed by atoms with Crippen molar-refractivity contribution in [3.8, 4) is 5.75 Å². The van der Waals surface area contributed by atoms with Gasteiger partial charge in [-0.1, -0.05) is 0 Å². The van der Waals surface area contributed by atoms with Gasteiger partial charge in [0.05, 0.1) is 6.20 Å². The SMILES string of the molecule is CC(Oc1ccc(F)cc1)C(=O)NNC(=O)Cn1cnc2c(cnn2C)c1=O. The Balaban J connectivity index is 1.55. The van der Waals surface area contributed by atoms with E-state index < -0.39 is 29.3 Å². The topological polar surface area (TPSA) is 120 Å². The maximum Gasteiger partial charge on any atom is 0.279 e. The first kappa shape index (κ1) is 19.0. The smallest absolute Gasteiger partial charge is 0.279 e. The summed E-state index contributed by atoms with van der Waals surface area (Å²) >= 11 is 0. The number of aromatic nitrogens is 4. The van der Waals surface area contributed by atoms with E-state index in [-0.39, 0.29) is 11.9 Å². The molecule has 0 aliphatic carbocycles. The van der Waals surface area contributed by atoms with E-state index in [9.17, 15) is 18.8 Å². The van der Waals surface area contributed by atoms with Crippen molar-refractivity contribution in [2.24, 2.45) is 7.05 Å². The number of nitrogens with one attached hydrogen (secondary N) is 2. The lowest BCUT2D eigenvalue weighted by Crippen LogP contribution is -2.48. The van der Waals surface area contributed by atoms with Crippen molar-refractivity contribution in [3.05, 3.63) is 53.0 Å². The number of aryl methyl sites for hydroxylation is 1. The Morgan fingerprint density at radius 3 is 2.68 bits per heavy atom. The fourth-order valence-corrected chi connectivity index (χ4v) is 2.38. The van der Waals surface area contributed by atoms with Crippen molar-refractivity contribution in [2.45, 2.75) is 19.6 Å². The highest BCUT2D eigenvalue weighted by atomic mass is 19.1. The Kier molecular flexibility index (Phi) is 5.34. The molecule has 10 nitrogen and oxygen atoms in total. The van der Waals surface area contributed by atoms with E-state index in [2.05, 4.69) is 20.9 Å². The van der Waals surface area contributed by atoms with Crippen LogP contribution in [0.3, 0.4) is 0 Å². The maximum atomic E-state index is 12.9. The number of rotatable bonds is 5. The first-order valence-corrected chi connectivity index (χ1v) is 8.23. The minimum atomic E-state index is -0.943. The van der Waals surface area contributed by atoms with Crippen molar-refractivity contribution in [2.75, 3.05) is 0 Å². The number of hydrazine groups is 1. The molecule has 0 saturated carbocycles. The average molecular weight is 388 g/mol. The second kappa shape index (κ2) is 7.86. The normalized spacial score (nSPS) is 11.8. The summed E-state index contributed by atoms with van der Waals surface area (Å²) in [6.45, 7) is 1.12. The third kappa shape index (κ3) is 4.14. The third-order valence-corrected chi connectivity index (χ3v) is 3.85. The summed E-state index contributed by atoms with van der Waals surface area (Å²) in [4.78, 5) is 40.4.